The highest BCUT2D eigenvalue weighted by Crippen LogP contribution is 2.30. The number of nitrogens with zero attached hydrogens (tertiary/aromatic N) is 5. The Morgan fingerprint density at radius 1 is 1.18 bits per heavy atom. The Morgan fingerprint density at radius 3 is 2.56 bits per heavy atom. The molecule has 3 heterocycles. The van der Waals surface area contributed by atoms with E-state index in [4.69, 9.17) is 9.47 Å². The Labute approximate surface area is 194 Å². The first-order chi connectivity index (χ1) is 16.1. The van der Waals surface area contributed by atoms with Crippen molar-refractivity contribution in [3.05, 3.63) is 45.4 Å². The second-order valence-corrected chi connectivity index (χ2v) is 9.59. The van der Waals surface area contributed by atoms with Crippen molar-refractivity contribution >= 4 is 32.8 Å². The molecule has 2 aromatic heterocycles. The van der Waals surface area contributed by atoms with Crippen LogP contribution >= 0.6 is 0 Å². The molecule has 1 aliphatic heterocycles. The van der Waals surface area contributed by atoms with Crippen LogP contribution in [0.15, 0.2) is 39.0 Å². The zero-order valence-electron chi connectivity index (χ0n) is 18.8. The average Bonchev–Trinajstić information content (AvgIpc) is 3.25. The first-order valence-corrected chi connectivity index (χ1v) is 11.8. The standard InChI is InChI=1S/C20H24N6O7S/c1-23-18-17(19(28)24(2)20(23)29)25(12-21-18)11-16(27)22-13-4-5-14(32-3)15(10-13)34(30,31)26-6-8-33-9-7-26/h4-5,10,12H,6-9,11H2,1-3H3,(H,22,27). The van der Waals surface area contributed by atoms with E-state index in [0.717, 1.165) is 4.57 Å². The highest BCUT2D eigenvalue weighted by atomic mass is 32.2. The summed E-state index contributed by atoms with van der Waals surface area (Å²) in [6.07, 6.45) is 1.30. The lowest BCUT2D eigenvalue weighted by Crippen LogP contribution is -2.40. The molecule has 1 aromatic carbocycles. The predicted octanol–water partition coefficient (Wildman–Crippen LogP) is -0.898. The van der Waals surface area contributed by atoms with Crippen LogP contribution in [0, 0.1) is 0 Å². The van der Waals surface area contributed by atoms with Gasteiger partial charge in [0, 0.05) is 32.9 Å². The van der Waals surface area contributed by atoms with Crippen molar-refractivity contribution in [3.63, 3.8) is 0 Å². The quantitative estimate of drug-likeness (QED) is 0.466. The zero-order chi connectivity index (χ0) is 24.6. The molecule has 0 radical (unpaired) electrons. The van der Waals surface area contributed by atoms with Crippen molar-refractivity contribution in [1.29, 1.82) is 0 Å². The summed E-state index contributed by atoms with van der Waals surface area (Å²) in [6.45, 7) is 0.742. The smallest absolute Gasteiger partial charge is 0.332 e. The fourth-order valence-corrected chi connectivity index (χ4v) is 5.34. The van der Waals surface area contributed by atoms with E-state index in [-0.39, 0.29) is 47.1 Å². The van der Waals surface area contributed by atoms with Crippen LogP contribution in [0.5, 0.6) is 5.75 Å². The first kappa shape index (κ1) is 23.7. The number of aromatic nitrogens is 4. The Balaban J connectivity index is 1.62. The molecule has 14 heteroatoms. The molecule has 1 amide bonds. The summed E-state index contributed by atoms with van der Waals surface area (Å²) in [6, 6.07) is 4.31. The molecule has 1 fully saturated rings. The van der Waals surface area contributed by atoms with E-state index in [9.17, 15) is 22.8 Å². The summed E-state index contributed by atoms with van der Waals surface area (Å²) in [5.41, 5.74) is -0.608. The van der Waals surface area contributed by atoms with Crippen molar-refractivity contribution in [2.45, 2.75) is 11.4 Å². The molecule has 1 aliphatic rings. The van der Waals surface area contributed by atoms with Gasteiger partial charge >= 0.3 is 5.69 Å². The fraction of sp³-hybridized carbons (Fsp3) is 0.400. The SMILES string of the molecule is COc1ccc(NC(=O)Cn2cnc3c2c(=O)n(C)c(=O)n3C)cc1S(=O)(=O)N1CCOCC1. The first-order valence-electron chi connectivity index (χ1n) is 10.3. The van der Waals surface area contributed by atoms with Gasteiger partial charge in [0.25, 0.3) is 5.56 Å². The van der Waals surface area contributed by atoms with Crippen LogP contribution in [0.3, 0.4) is 0 Å². The van der Waals surface area contributed by atoms with Crippen LogP contribution in [-0.4, -0.2) is 70.7 Å². The van der Waals surface area contributed by atoms with Crippen LogP contribution in [0.1, 0.15) is 0 Å². The summed E-state index contributed by atoms with van der Waals surface area (Å²) in [4.78, 5) is 41.4. The summed E-state index contributed by atoms with van der Waals surface area (Å²) < 4.78 is 41.5. The zero-order valence-corrected chi connectivity index (χ0v) is 19.7. The van der Waals surface area contributed by atoms with Crippen molar-refractivity contribution in [1.82, 2.24) is 23.0 Å². The molecule has 13 nitrogen and oxygen atoms in total. The second kappa shape index (κ2) is 9.04. The molecule has 182 valence electrons. The summed E-state index contributed by atoms with van der Waals surface area (Å²) in [5, 5.41) is 2.64. The predicted molar refractivity (Wildman–Crippen MR) is 121 cm³/mol. The molecule has 1 N–H and O–H groups in total. The third-order valence-corrected chi connectivity index (χ3v) is 7.49. The number of carbonyl (C=O) groups is 1. The highest BCUT2D eigenvalue weighted by Gasteiger charge is 2.29. The number of morpholine rings is 1. The molecule has 1 saturated heterocycles. The number of carbonyl (C=O) groups excluding carboxylic acids is 1. The van der Waals surface area contributed by atoms with Crippen LogP contribution in [-0.2, 0) is 40.2 Å². The van der Waals surface area contributed by atoms with E-state index >= 15 is 0 Å². The minimum absolute atomic E-state index is 0.0772. The third kappa shape index (κ3) is 4.10. The Morgan fingerprint density at radius 2 is 1.88 bits per heavy atom. The Bertz CT molecular complexity index is 1480. The lowest BCUT2D eigenvalue weighted by Gasteiger charge is -2.26. The van der Waals surface area contributed by atoms with Gasteiger partial charge < -0.3 is 19.4 Å². The number of amides is 1. The number of anilines is 1. The molecule has 3 aromatic rings. The third-order valence-electron chi connectivity index (χ3n) is 5.57. The molecule has 0 spiro atoms. The van der Waals surface area contributed by atoms with Crippen molar-refractivity contribution < 1.29 is 22.7 Å². The minimum atomic E-state index is -3.88. The summed E-state index contributed by atoms with van der Waals surface area (Å²) in [5.74, 6) is -0.371. The van der Waals surface area contributed by atoms with Gasteiger partial charge in [-0.05, 0) is 18.2 Å². The van der Waals surface area contributed by atoms with Crippen LogP contribution in [0.2, 0.25) is 0 Å². The molecule has 0 saturated carbocycles. The Hall–Kier alpha value is -3.49. The fourth-order valence-electron chi connectivity index (χ4n) is 3.75. The molecule has 34 heavy (non-hydrogen) atoms. The highest BCUT2D eigenvalue weighted by molar-refractivity contribution is 7.89. The van der Waals surface area contributed by atoms with E-state index in [0.29, 0.717) is 13.2 Å². The topological polar surface area (TPSA) is 147 Å². The van der Waals surface area contributed by atoms with Crippen molar-refractivity contribution in [3.8, 4) is 5.75 Å². The van der Waals surface area contributed by atoms with E-state index in [1.54, 1.807) is 0 Å². The monoisotopic (exact) mass is 492 g/mol. The number of fused-ring (bicyclic) bond motifs is 1. The van der Waals surface area contributed by atoms with E-state index < -0.39 is 27.2 Å². The second-order valence-electron chi connectivity index (χ2n) is 7.68. The maximum atomic E-state index is 13.1. The number of imidazole rings is 1. The number of hydrogen-bond donors (Lipinski definition) is 1. The average molecular weight is 493 g/mol. The maximum Gasteiger partial charge on any atom is 0.332 e. The molecule has 4 rings (SSSR count). The van der Waals surface area contributed by atoms with Gasteiger partial charge in [0.1, 0.15) is 17.2 Å². The Kier molecular flexibility index (Phi) is 6.29. The van der Waals surface area contributed by atoms with Gasteiger partial charge in [-0.3, -0.25) is 18.7 Å². The molecular weight excluding hydrogens is 468 g/mol. The van der Waals surface area contributed by atoms with Crippen LogP contribution in [0.25, 0.3) is 11.2 Å². The number of rotatable bonds is 6. The normalized spacial score (nSPS) is 14.9. The van der Waals surface area contributed by atoms with Gasteiger partial charge in [0.15, 0.2) is 11.2 Å². The lowest BCUT2D eigenvalue weighted by molar-refractivity contribution is -0.116. The molecular formula is C20H24N6O7S. The molecule has 0 unspecified atom stereocenters. The van der Waals surface area contributed by atoms with Crippen molar-refractivity contribution in [2.75, 3.05) is 38.7 Å². The summed E-state index contributed by atoms with van der Waals surface area (Å²) >= 11 is 0. The van der Waals surface area contributed by atoms with Gasteiger partial charge in [-0.2, -0.15) is 4.31 Å². The number of aryl methyl sites for hydroxylation is 1. The van der Waals surface area contributed by atoms with E-state index in [2.05, 4.69) is 10.3 Å². The van der Waals surface area contributed by atoms with Crippen LogP contribution in [0.4, 0.5) is 5.69 Å². The van der Waals surface area contributed by atoms with Crippen LogP contribution < -0.4 is 21.3 Å². The number of ether oxygens (including phenoxy) is 2. The van der Waals surface area contributed by atoms with Gasteiger partial charge in [0.2, 0.25) is 15.9 Å². The van der Waals surface area contributed by atoms with Gasteiger partial charge in [-0.25, -0.2) is 18.2 Å². The number of nitrogens with one attached hydrogen (secondary N) is 1. The molecule has 0 bridgehead atoms. The van der Waals surface area contributed by atoms with Gasteiger partial charge in [-0.15, -0.1) is 0 Å². The minimum Gasteiger partial charge on any atom is -0.495 e. The molecule has 0 aliphatic carbocycles. The van der Waals surface area contributed by atoms with E-state index in [1.807, 2.05) is 0 Å². The van der Waals surface area contributed by atoms with Gasteiger partial charge in [-0.1, -0.05) is 0 Å². The summed E-state index contributed by atoms with van der Waals surface area (Å²) in [7, 11) is 0.313. The largest absolute Gasteiger partial charge is 0.495 e. The molecule has 0 atom stereocenters. The maximum absolute atomic E-state index is 13.1. The number of methoxy groups -OCH3 is 1. The van der Waals surface area contributed by atoms with Gasteiger partial charge in [0.05, 0.1) is 26.7 Å². The lowest BCUT2D eigenvalue weighted by atomic mass is 10.3. The van der Waals surface area contributed by atoms with Crippen molar-refractivity contribution in [2.24, 2.45) is 14.1 Å². The number of benzene rings is 1. The number of hydrogen-bond acceptors (Lipinski definition) is 8. The van der Waals surface area contributed by atoms with E-state index in [1.165, 1.54) is 59.2 Å². The number of sulfonamides is 1.